The molecule has 0 spiro atoms. The van der Waals surface area contributed by atoms with Crippen LogP contribution in [-0.2, 0) is 16.1 Å². The van der Waals surface area contributed by atoms with Crippen molar-refractivity contribution in [2.24, 2.45) is 20.9 Å². The number of nitrogens with two attached hydrogens (primary N) is 1. The number of nitroso groups, excluding NO2 is 1. The van der Waals surface area contributed by atoms with Gasteiger partial charge in [0.25, 0.3) is 0 Å². The summed E-state index contributed by atoms with van der Waals surface area (Å²) in [5.74, 6) is 1.17. The van der Waals surface area contributed by atoms with Crippen molar-refractivity contribution in [3.63, 3.8) is 0 Å². The van der Waals surface area contributed by atoms with Gasteiger partial charge in [-0.05, 0) is 44.5 Å². The molecule has 3 fully saturated rings. The fraction of sp³-hybridized carbons (Fsp3) is 0.655. The summed E-state index contributed by atoms with van der Waals surface area (Å²) < 4.78 is 5.51. The van der Waals surface area contributed by atoms with E-state index in [2.05, 4.69) is 52.0 Å². The molecule has 1 aromatic rings. The number of amides is 1. The number of likely N-dealkylation sites (tertiary alicyclic amines) is 1. The summed E-state index contributed by atoms with van der Waals surface area (Å²) in [5.41, 5.74) is 7.22. The number of anilines is 1. The number of halogens is 1. The number of aromatic amines is 1. The van der Waals surface area contributed by atoms with Crippen LogP contribution in [0.25, 0.3) is 0 Å². The monoisotopic (exact) mass is 630 g/mol. The van der Waals surface area contributed by atoms with E-state index in [0.717, 1.165) is 83.0 Å². The maximum atomic E-state index is 12.5. The van der Waals surface area contributed by atoms with Crippen LogP contribution >= 0.6 is 11.6 Å². The van der Waals surface area contributed by atoms with Gasteiger partial charge < -0.3 is 30.6 Å². The van der Waals surface area contributed by atoms with Gasteiger partial charge in [0.1, 0.15) is 11.6 Å². The first kappa shape index (κ1) is 32.1. The van der Waals surface area contributed by atoms with Gasteiger partial charge in [-0.3, -0.25) is 24.4 Å². The fourth-order valence-electron chi connectivity index (χ4n) is 6.50. The lowest BCUT2D eigenvalue weighted by molar-refractivity contribution is -0.121. The van der Waals surface area contributed by atoms with Crippen LogP contribution < -0.4 is 21.5 Å². The highest BCUT2D eigenvalue weighted by molar-refractivity contribution is 6.83. The first-order valence-electron chi connectivity index (χ1n) is 15.5. The third-order valence-corrected chi connectivity index (χ3v) is 9.07. The van der Waals surface area contributed by atoms with Crippen molar-refractivity contribution in [2.75, 3.05) is 77.0 Å². The van der Waals surface area contributed by atoms with Gasteiger partial charge in [0.05, 0.1) is 19.8 Å². The molecule has 15 heteroatoms. The average molecular weight is 631 g/mol. The quantitative estimate of drug-likeness (QED) is 0.263. The zero-order valence-corrected chi connectivity index (χ0v) is 26.0. The summed E-state index contributed by atoms with van der Waals surface area (Å²) in [6.45, 7) is 10.3. The predicted octanol–water partition coefficient (Wildman–Crippen LogP) is 0.673. The van der Waals surface area contributed by atoms with Gasteiger partial charge in [0.15, 0.2) is 17.0 Å². The number of H-pyrrole nitrogens is 1. The molecule has 0 aromatic carbocycles. The lowest BCUT2D eigenvalue weighted by Crippen LogP contribution is -2.59. The number of nitrogens with zero attached hydrogens (tertiary/aromatic N) is 7. The maximum Gasteiger partial charge on any atom is 0.249 e. The number of ether oxygens (including phenoxy) is 1. The smallest absolute Gasteiger partial charge is 0.249 e. The maximum absolute atomic E-state index is 12.5. The van der Waals surface area contributed by atoms with E-state index in [-0.39, 0.29) is 29.6 Å². The van der Waals surface area contributed by atoms with Gasteiger partial charge >= 0.3 is 0 Å². The van der Waals surface area contributed by atoms with Crippen molar-refractivity contribution in [2.45, 2.75) is 50.9 Å². The van der Waals surface area contributed by atoms with E-state index in [0.29, 0.717) is 31.1 Å². The van der Waals surface area contributed by atoms with E-state index in [9.17, 15) is 14.5 Å². The van der Waals surface area contributed by atoms with Gasteiger partial charge in [0.2, 0.25) is 11.5 Å². The van der Waals surface area contributed by atoms with E-state index >= 15 is 0 Å². The lowest BCUT2D eigenvalue weighted by atomic mass is 9.97. The Morgan fingerprint density at radius 1 is 1.16 bits per heavy atom. The summed E-state index contributed by atoms with van der Waals surface area (Å²) in [6, 6.07) is 3.45. The summed E-state index contributed by atoms with van der Waals surface area (Å²) in [7, 11) is 0. The number of piperidine rings is 1. The molecule has 5 heterocycles. The highest BCUT2D eigenvalue weighted by atomic mass is 35.5. The minimum Gasteiger partial charge on any atom is -0.384 e. The fourth-order valence-corrected chi connectivity index (χ4v) is 6.76. The molecule has 44 heavy (non-hydrogen) atoms. The number of hydrogen-bond acceptors (Lipinski definition) is 12. The number of amidine groups is 1. The summed E-state index contributed by atoms with van der Waals surface area (Å²) in [5, 5.41) is 5.52. The van der Waals surface area contributed by atoms with Crippen LogP contribution in [0.2, 0.25) is 0 Å². The summed E-state index contributed by atoms with van der Waals surface area (Å²) in [4.78, 5) is 56.4. The zero-order valence-electron chi connectivity index (χ0n) is 25.3. The number of morpholine rings is 1. The summed E-state index contributed by atoms with van der Waals surface area (Å²) >= 11 is 6.61. The first-order valence-corrected chi connectivity index (χ1v) is 15.9. The Bertz CT molecular complexity index is 1320. The molecule has 4 aliphatic rings. The predicted molar refractivity (Wildman–Crippen MR) is 171 cm³/mol. The van der Waals surface area contributed by atoms with Crippen LogP contribution in [0, 0.1) is 4.91 Å². The molecule has 1 aromatic heterocycles. The van der Waals surface area contributed by atoms with Crippen molar-refractivity contribution in [1.29, 1.82) is 0 Å². The third-order valence-electron chi connectivity index (χ3n) is 8.80. The van der Waals surface area contributed by atoms with Crippen LogP contribution in [-0.4, -0.2) is 127 Å². The van der Waals surface area contributed by atoms with E-state index < -0.39 is 11.9 Å². The van der Waals surface area contributed by atoms with E-state index in [4.69, 9.17) is 22.1 Å². The Hall–Kier alpha value is -3.33. The highest BCUT2D eigenvalue weighted by Gasteiger charge is 2.35. The van der Waals surface area contributed by atoms with Gasteiger partial charge in [-0.25, -0.2) is 4.99 Å². The normalized spacial score (nSPS) is 24.3. The van der Waals surface area contributed by atoms with Gasteiger partial charge in [-0.1, -0.05) is 23.7 Å². The second-order valence-corrected chi connectivity index (χ2v) is 11.9. The molecule has 5 rings (SSSR count). The minimum absolute atomic E-state index is 0.0243. The molecule has 14 nitrogen and oxygen atoms in total. The Morgan fingerprint density at radius 3 is 2.66 bits per heavy atom. The van der Waals surface area contributed by atoms with Gasteiger partial charge in [0, 0.05) is 69.5 Å². The van der Waals surface area contributed by atoms with E-state index in [1.54, 1.807) is 6.07 Å². The Morgan fingerprint density at radius 2 is 1.93 bits per heavy atom. The number of aromatic nitrogens is 1. The van der Waals surface area contributed by atoms with Crippen molar-refractivity contribution >= 4 is 34.3 Å². The van der Waals surface area contributed by atoms with Crippen LogP contribution in [0.5, 0.6) is 0 Å². The number of hydrogen-bond donors (Lipinski definition) is 3. The Balaban J connectivity index is 1.17. The van der Waals surface area contributed by atoms with E-state index in [1.807, 2.05) is 6.07 Å². The number of aliphatic imine (C=N–C) groups is 2. The molecule has 0 aliphatic carbocycles. The largest absolute Gasteiger partial charge is 0.384 e. The number of nitrogens with one attached hydrogen (secondary N) is 2. The molecular formula is C29H43ClN10O4. The Kier molecular flexibility index (Phi) is 11.0. The molecular weight excluding hydrogens is 588 g/mol. The molecule has 2 unspecified atom stereocenters. The molecule has 0 saturated carbocycles. The van der Waals surface area contributed by atoms with E-state index in [1.165, 1.54) is 6.08 Å². The highest BCUT2D eigenvalue weighted by Crippen LogP contribution is 2.27. The number of carbonyl (C=O) groups is 1. The van der Waals surface area contributed by atoms with Crippen molar-refractivity contribution in [3.8, 4) is 0 Å². The number of pyridine rings is 1. The first-order chi connectivity index (χ1) is 21.4. The lowest BCUT2D eigenvalue weighted by Gasteiger charge is -2.48. The number of rotatable bonds is 9. The average Bonchev–Trinajstić information content (AvgIpc) is 3.20. The molecule has 4 aliphatic heterocycles. The molecule has 240 valence electrons. The number of carbonyl (C=O) groups excluding carboxylic acids is 1. The van der Waals surface area contributed by atoms with Gasteiger partial charge in [-0.15, -0.1) is 0 Å². The van der Waals surface area contributed by atoms with Crippen LogP contribution in [0.4, 0.5) is 5.82 Å². The van der Waals surface area contributed by atoms with Crippen molar-refractivity contribution in [3.05, 3.63) is 44.9 Å². The standard InChI is InChI=1S/C29H43ClN10O4/c1-2-21-19-39(28-26(30)34-23(17-24(31)35-28)29(42)32-7-8-33-43)11-12-40(21)22-5-9-37(10-6-22)18-20-3-4-25(41)36-27(20)38-13-15-44-16-14-38/h3-4,17,21-23H,2,5-16,18-19,31H2,1H3,(H,32,42)(H,36,41). The SMILES string of the molecule is CCC1CN(C2=NC(N)=CC(C(=O)NCCN=O)N=C2Cl)CCN1C1CCN(Cc2ccc(=O)[nH]c2N2CCOCC2)CC1. The molecule has 2 atom stereocenters. The topological polar surface area (TPSA) is 164 Å². The van der Waals surface area contributed by atoms with Crippen LogP contribution in [0.15, 0.2) is 44.0 Å². The molecule has 3 saturated heterocycles. The second-order valence-electron chi connectivity index (χ2n) is 11.6. The number of piperazine rings is 1. The third kappa shape index (κ3) is 7.84. The Labute approximate surface area is 262 Å². The van der Waals surface area contributed by atoms with Crippen molar-refractivity contribution < 1.29 is 9.53 Å². The van der Waals surface area contributed by atoms with Crippen LogP contribution in [0.3, 0.4) is 0 Å². The minimum atomic E-state index is -0.926. The van der Waals surface area contributed by atoms with Gasteiger partial charge in [-0.2, -0.15) is 4.91 Å². The van der Waals surface area contributed by atoms with Crippen molar-refractivity contribution in [1.82, 2.24) is 25.0 Å². The van der Waals surface area contributed by atoms with Crippen LogP contribution in [0.1, 0.15) is 31.7 Å². The molecule has 1 amide bonds. The molecule has 0 radical (unpaired) electrons. The second kappa shape index (κ2) is 15.1. The molecule has 0 bridgehead atoms. The zero-order chi connectivity index (χ0) is 31.1. The summed E-state index contributed by atoms with van der Waals surface area (Å²) in [6.07, 6.45) is 4.58. The molecule has 4 N–H and O–H groups in total.